The average molecular weight is 241 g/mol. The summed E-state index contributed by atoms with van der Waals surface area (Å²) >= 11 is 5.29. The van der Waals surface area contributed by atoms with E-state index in [2.05, 4.69) is 49.4 Å². The summed E-state index contributed by atoms with van der Waals surface area (Å²) in [5, 5.41) is 7.21. The molecule has 1 unspecified atom stereocenters. The van der Waals surface area contributed by atoms with E-state index in [9.17, 15) is 0 Å². The summed E-state index contributed by atoms with van der Waals surface area (Å²) < 4.78 is 2.92. The third kappa shape index (κ3) is 3.17. The van der Waals surface area contributed by atoms with Crippen molar-refractivity contribution in [3.63, 3.8) is 0 Å². The van der Waals surface area contributed by atoms with Crippen molar-refractivity contribution in [2.75, 3.05) is 0 Å². The molecule has 0 bridgehead atoms. The predicted octanol–water partition coefficient (Wildman–Crippen LogP) is 4.06. The van der Waals surface area contributed by atoms with Crippen molar-refractivity contribution in [1.29, 1.82) is 0 Å². The topological polar surface area (TPSA) is 33.6 Å². The molecular weight excluding hydrogens is 218 g/mol. The van der Waals surface area contributed by atoms with Crippen molar-refractivity contribution in [3.8, 4) is 0 Å². The number of hydrogen-bond acceptors (Lipinski definition) is 2. The smallest absolute Gasteiger partial charge is 0.195 e. The molecule has 0 aromatic carbocycles. The minimum absolute atomic E-state index is 0.412. The molecule has 0 saturated carbocycles. The van der Waals surface area contributed by atoms with Gasteiger partial charge in [-0.3, -0.25) is 5.10 Å². The molecule has 0 aliphatic carbocycles. The molecule has 0 saturated heterocycles. The monoisotopic (exact) mass is 241 g/mol. The van der Waals surface area contributed by atoms with Crippen molar-refractivity contribution < 1.29 is 0 Å². The fourth-order valence-electron chi connectivity index (χ4n) is 1.85. The molecule has 0 fully saturated rings. The summed E-state index contributed by atoms with van der Waals surface area (Å²) in [6.45, 7) is 11.0. The fraction of sp³-hybridized carbons (Fsp3) is 0.833. The van der Waals surface area contributed by atoms with Gasteiger partial charge in [0.2, 0.25) is 0 Å². The first-order valence-electron chi connectivity index (χ1n) is 6.10. The molecule has 1 heterocycles. The zero-order chi connectivity index (χ0) is 12.3. The lowest BCUT2D eigenvalue weighted by molar-refractivity contribution is 0.421. The molecule has 3 nitrogen and oxygen atoms in total. The molecule has 4 heteroatoms. The Labute approximate surface area is 103 Å². The van der Waals surface area contributed by atoms with E-state index < -0.39 is 0 Å². The van der Waals surface area contributed by atoms with Crippen LogP contribution in [0.1, 0.15) is 65.2 Å². The highest BCUT2D eigenvalue weighted by Crippen LogP contribution is 2.22. The molecule has 92 valence electrons. The third-order valence-corrected chi connectivity index (χ3v) is 3.14. The normalized spacial score (nSPS) is 13.7. The van der Waals surface area contributed by atoms with Crippen LogP contribution in [0, 0.1) is 10.7 Å². The molecule has 1 N–H and O–H groups in total. The van der Waals surface area contributed by atoms with Crippen molar-refractivity contribution in [2.45, 2.75) is 59.4 Å². The summed E-state index contributed by atoms with van der Waals surface area (Å²) in [4.78, 5) is 0. The Bertz CT molecular complexity index is 376. The van der Waals surface area contributed by atoms with Gasteiger partial charge in [0.15, 0.2) is 4.77 Å². The number of nitrogens with zero attached hydrogens (tertiary/aromatic N) is 2. The van der Waals surface area contributed by atoms with Gasteiger partial charge in [-0.2, -0.15) is 5.10 Å². The SMILES string of the molecule is CC(C)CCC(C)n1c(C(C)C)n[nH]c1=S. The maximum absolute atomic E-state index is 5.29. The van der Waals surface area contributed by atoms with Gasteiger partial charge in [0.1, 0.15) is 5.82 Å². The second kappa shape index (κ2) is 5.62. The standard InChI is InChI=1S/C12H23N3S/c1-8(2)6-7-10(5)15-11(9(3)4)13-14-12(15)16/h8-10H,6-7H2,1-5H3,(H,14,16). The van der Waals surface area contributed by atoms with Crippen LogP contribution in [0.15, 0.2) is 0 Å². The number of nitrogens with one attached hydrogen (secondary N) is 1. The second-order valence-electron chi connectivity index (χ2n) is 5.23. The maximum Gasteiger partial charge on any atom is 0.195 e. The molecule has 1 atom stereocenters. The Morgan fingerprint density at radius 1 is 1.19 bits per heavy atom. The van der Waals surface area contributed by atoms with Crippen LogP contribution in [0.25, 0.3) is 0 Å². The number of aromatic nitrogens is 3. The van der Waals surface area contributed by atoms with Gasteiger partial charge in [-0.05, 0) is 37.9 Å². The van der Waals surface area contributed by atoms with E-state index >= 15 is 0 Å². The largest absolute Gasteiger partial charge is 0.301 e. The van der Waals surface area contributed by atoms with E-state index in [1.165, 1.54) is 6.42 Å². The van der Waals surface area contributed by atoms with Crippen molar-refractivity contribution in [1.82, 2.24) is 14.8 Å². The Balaban J connectivity index is 2.85. The minimum Gasteiger partial charge on any atom is -0.301 e. The van der Waals surface area contributed by atoms with Gasteiger partial charge in [0.05, 0.1) is 0 Å². The van der Waals surface area contributed by atoms with Gasteiger partial charge >= 0.3 is 0 Å². The van der Waals surface area contributed by atoms with E-state index in [1.807, 2.05) is 0 Å². The Hall–Kier alpha value is -0.640. The van der Waals surface area contributed by atoms with Gasteiger partial charge in [0, 0.05) is 12.0 Å². The summed E-state index contributed by atoms with van der Waals surface area (Å²) in [7, 11) is 0. The van der Waals surface area contributed by atoms with Crippen LogP contribution in [0.3, 0.4) is 0 Å². The molecule has 0 aliphatic heterocycles. The molecule has 16 heavy (non-hydrogen) atoms. The Morgan fingerprint density at radius 3 is 2.31 bits per heavy atom. The lowest BCUT2D eigenvalue weighted by atomic mass is 10.0. The molecule has 0 amide bonds. The molecule has 1 aromatic rings. The Kier molecular flexibility index (Phi) is 4.71. The zero-order valence-electron chi connectivity index (χ0n) is 10.9. The van der Waals surface area contributed by atoms with Gasteiger partial charge in [-0.25, -0.2) is 0 Å². The maximum atomic E-state index is 5.29. The van der Waals surface area contributed by atoms with E-state index in [4.69, 9.17) is 12.2 Å². The minimum atomic E-state index is 0.412. The lowest BCUT2D eigenvalue weighted by Crippen LogP contribution is -2.11. The fourth-order valence-corrected chi connectivity index (χ4v) is 2.17. The molecule has 0 aliphatic rings. The van der Waals surface area contributed by atoms with Crippen LogP contribution in [-0.2, 0) is 0 Å². The number of rotatable bonds is 5. The number of hydrogen-bond donors (Lipinski definition) is 1. The average Bonchev–Trinajstić information content (AvgIpc) is 2.56. The van der Waals surface area contributed by atoms with Crippen LogP contribution in [-0.4, -0.2) is 14.8 Å². The molecule has 0 spiro atoms. The lowest BCUT2D eigenvalue weighted by Gasteiger charge is -2.18. The van der Waals surface area contributed by atoms with E-state index in [0.29, 0.717) is 12.0 Å². The third-order valence-electron chi connectivity index (χ3n) is 2.85. The van der Waals surface area contributed by atoms with Crippen molar-refractivity contribution in [3.05, 3.63) is 10.6 Å². The van der Waals surface area contributed by atoms with E-state index in [-0.39, 0.29) is 0 Å². The van der Waals surface area contributed by atoms with Gasteiger partial charge in [0.25, 0.3) is 0 Å². The van der Waals surface area contributed by atoms with Crippen LogP contribution in [0.4, 0.5) is 0 Å². The summed E-state index contributed by atoms with van der Waals surface area (Å²) in [6.07, 6.45) is 2.39. The van der Waals surface area contributed by atoms with Gasteiger partial charge in [-0.15, -0.1) is 0 Å². The molecule has 1 rings (SSSR count). The summed E-state index contributed by atoms with van der Waals surface area (Å²) in [5.74, 6) is 2.22. The van der Waals surface area contributed by atoms with Gasteiger partial charge in [-0.1, -0.05) is 27.7 Å². The molecular formula is C12H23N3S. The summed E-state index contributed by atoms with van der Waals surface area (Å²) in [6, 6.07) is 0.436. The van der Waals surface area contributed by atoms with Crippen LogP contribution < -0.4 is 0 Å². The van der Waals surface area contributed by atoms with Crippen LogP contribution in [0.2, 0.25) is 0 Å². The number of H-pyrrole nitrogens is 1. The van der Waals surface area contributed by atoms with Crippen LogP contribution >= 0.6 is 12.2 Å². The van der Waals surface area contributed by atoms with Gasteiger partial charge < -0.3 is 4.57 Å². The van der Waals surface area contributed by atoms with Crippen molar-refractivity contribution in [2.24, 2.45) is 5.92 Å². The van der Waals surface area contributed by atoms with E-state index in [0.717, 1.165) is 22.9 Å². The van der Waals surface area contributed by atoms with Crippen LogP contribution in [0.5, 0.6) is 0 Å². The molecule has 1 aromatic heterocycles. The molecule has 0 radical (unpaired) electrons. The first-order valence-corrected chi connectivity index (χ1v) is 6.51. The first-order chi connectivity index (χ1) is 7.43. The summed E-state index contributed by atoms with van der Waals surface area (Å²) in [5.41, 5.74) is 0. The zero-order valence-corrected chi connectivity index (χ0v) is 11.8. The highest BCUT2D eigenvalue weighted by Gasteiger charge is 2.15. The quantitative estimate of drug-likeness (QED) is 0.789. The Morgan fingerprint density at radius 2 is 1.81 bits per heavy atom. The number of aromatic amines is 1. The highest BCUT2D eigenvalue weighted by molar-refractivity contribution is 7.71. The second-order valence-corrected chi connectivity index (χ2v) is 5.62. The highest BCUT2D eigenvalue weighted by atomic mass is 32.1. The van der Waals surface area contributed by atoms with Crippen molar-refractivity contribution >= 4 is 12.2 Å². The first kappa shape index (κ1) is 13.4. The van der Waals surface area contributed by atoms with E-state index in [1.54, 1.807) is 0 Å². The predicted molar refractivity (Wildman–Crippen MR) is 70.3 cm³/mol.